The molecule has 0 saturated carbocycles. The first-order valence-corrected chi connectivity index (χ1v) is 10.9. The summed E-state index contributed by atoms with van der Waals surface area (Å²) in [4.78, 5) is 11.2. The van der Waals surface area contributed by atoms with E-state index >= 15 is 0 Å². The number of hydrogen-bond acceptors (Lipinski definition) is 7. The fourth-order valence-corrected chi connectivity index (χ4v) is 5.12. The Kier molecular flexibility index (Phi) is 4.38. The van der Waals surface area contributed by atoms with Crippen molar-refractivity contribution in [1.82, 2.24) is 14.3 Å². The van der Waals surface area contributed by atoms with Crippen molar-refractivity contribution >= 4 is 26.6 Å². The van der Waals surface area contributed by atoms with E-state index in [9.17, 15) is 4.21 Å². The van der Waals surface area contributed by atoms with Crippen molar-refractivity contribution in [2.24, 2.45) is 5.41 Å². The summed E-state index contributed by atoms with van der Waals surface area (Å²) in [7, 11) is 0.661. The zero-order valence-corrected chi connectivity index (χ0v) is 16.7. The Morgan fingerprint density at radius 3 is 2.33 bits per heavy atom. The van der Waals surface area contributed by atoms with Gasteiger partial charge in [-0.1, -0.05) is 0 Å². The standard InChI is InChI=1S/C18H25N5O3S/c1-25-15-8-13-14(9-16(15)26-2)20-12-21-17(13)22-6-4-18(5-7-22)10-23(11-18)27(3,19)24/h8-9,12,19H,4-7,10-11H2,1-3H3. The van der Waals surface area contributed by atoms with Gasteiger partial charge in [-0.05, 0) is 18.9 Å². The molecule has 0 amide bonds. The van der Waals surface area contributed by atoms with Crippen LogP contribution in [-0.2, 0) is 9.92 Å². The van der Waals surface area contributed by atoms with Gasteiger partial charge in [0.15, 0.2) is 11.5 Å². The summed E-state index contributed by atoms with van der Waals surface area (Å²) < 4.78 is 32.2. The summed E-state index contributed by atoms with van der Waals surface area (Å²) in [6.45, 7) is 3.29. The third-order valence-corrected chi connectivity index (χ3v) is 7.00. The molecule has 4 rings (SSSR count). The maximum atomic E-state index is 11.9. The van der Waals surface area contributed by atoms with Crippen molar-refractivity contribution in [1.29, 1.82) is 4.78 Å². The van der Waals surface area contributed by atoms with Gasteiger partial charge in [-0.3, -0.25) is 0 Å². The van der Waals surface area contributed by atoms with Crippen LogP contribution in [0.3, 0.4) is 0 Å². The lowest BCUT2D eigenvalue weighted by Gasteiger charge is -2.53. The second-order valence-electron chi connectivity index (χ2n) is 7.51. The van der Waals surface area contributed by atoms with E-state index in [1.54, 1.807) is 24.9 Å². The van der Waals surface area contributed by atoms with Gasteiger partial charge < -0.3 is 14.4 Å². The molecule has 2 aliphatic rings. The van der Waals surface area contributed by atoms with Gasteiger partial charge in [0.2, 0.25) is 0 Å². The first kappa shape index (κ1) is 18.2. The van der Waals surface area contributed by atoms with Crippen LogP contribution in [0.1, 0.15) is 12.8 Å². The van der Waals surface area contributed by atoms with Crippen LogP contribution in [-0.4, -0.2) is 65.1 Å². The molecule has 1 aromatic heterocycles. The van der Waals surface area contributed by atoms with Crippen molar-refractivity contribution in [2.75, 3.05) is 51.6 Å². The molecule has 2 saturated heterocycles. The first-order valence-electron chi connectivity index (χ1n) is 8.96. The Bertz CT molecular complexity index is 962. The predicted octanol–water partition coefficient (Wildman–Crippen LogP) is 2.14. The van der Waals surface area contributed by atoms with Crippen LogP contribution in [0.4, 0.5) is 5.82 Å². The van der Waals surface area contributed by atoms with Crippen molar-refractivity contribution in [3.63, 3.8) is 0 Å². The van der Waals surface area contributed by atoms with Gasteiger partial charge >= 0.3 is 0 Å². The molecule has 0 bridgehead atoms. The molecule has 8 nitrogen and oxygen atoms in total. The Labute approximate surface area is 159 Å². The molecular formula is C18H25N5O3S. The first-order chi connectivity index (χ1) is 12.8. The van der Waals surface area contributed by atoms with Gasteiger partial charge in [0.05, 0.1) is 19.7 Å². The minimum absolute atomic E-state index is 0.194. The number of fused-ring (bicyclic) bond motifs is 1. The topological polar surface area (TPSA) is 91.6 Å². The maximum absolute atomic E-state index is 11.9. The number of aromatic nitrogens is 2. The normalized spacial score (nSPS) is 21.7. The zero-order chi connectivity index (χ0) is 19.2. The molecule has 27 heavy (non-hydrogen) atoms. The molecule has 1 spiro atoms. The second-order valence-corrected chi connectivity index (χ2v) is 9.63. The number of methoxy groups -OCH3 is 2. The molecule has 3 heterocycles. The molecule has 1 atom stereocenters. The lowest BCUT2D eigenvalue weighted by atomic mass is 9.73. The van der Waals surface area contributed by atoms with Gasteiger partial charge in [-0.15, -0.1) is 0 Å². The number of nitrogens with one attached hydrogen (secondary N) is 1. The van der Waals surface area contributed by atoms with Crippen LogP contribution >= 0.6 is 0 Å². The Morgan fingerprint density at radius 1 is 1.11 bits per heavy atom. The number of rotatable bonds is 4. The van der Waals surface area contributed by atoms with E-state index in [2.05, 4.69) is 14.9 Å². The van der Waals surface area contributed by atoms with Gasteiger partial charge in [0.1, 0.15) is 22.1 Å². The van der Waals surface area contributed by atoms with Crippen molar-refractivity contribution < 1.29 is 13.7 Å². The van der Waals surface area contributed by atoms with Gasteiger partial charge in [0.25, 0.3) is 0 Å². The minimum atomic E-state index is -2.58. The molecule has 2 fully saturated rings. The lowest BCUT2D eigenvalue weighted by Crippen LogP contribution is -2.61. The van der Waals surface area contributed by atoms with Crippen LogP contribution < -0.4 is 14.4 Å². The second kappa shape index (κ2) is 6.49. The summed E-state index contributed by atoms with van der Waals surface area (Å²) in [5, 5.41) is 0.948. The molecule has 146 valence electrons. The zero-order valence-electron chi connectivity index (χ0n) is 15.9. The highest BCUT2D eigenvalue weighted by Gasteiger charge is 2.47. The molecule has 0 aliphatic carbocycles. The Morgan fingerprint density at radius 2 is 1.74 bits per heavy atom. The Balaban J connectivity index is 1.56. The molecule has 1 N–H and O–H groups in total. The van der Waals surface area contributed by atoms with Crippen molar-refractivity contribution in [2.45, 2.75) is 12.8 Å². The largest absolute Gasteiger partial charge is 0.493 e. The Hall–Kier alpha value is -2.13. The average molecular weight is 391 g/mol. The van der Waals surface area contributed by atoms with Crippen LogP contribution in [0.25, 0.3) is 10.9 Å². The number of benzene rings is 1. The molecular weight excluding hydrogens is 366 g/mol. The van der Waals surface area contributed by atoms with Crippen LogP contribution in [0.5, 0.6) is 11.5 Å². The molecule has 1 unspecified atom stereocenters. The van der Waals surface area contributed by atoms with E-state index in [1.165, 1.54) is 6.26 Å². The van der Waals surface area contributed by atoms with E-state index in [0.717, 1.165) is 55.7 Å². The summed E-state index contributed by atoms with van der Waals surface area (Å²) >= 11 is 0. The molecule has 0 radical (unpaired) electrons. The number of anilines is 1. The highest BCUT2D eigenvalue weighted by atomic mass is 32.2. The molecule has 2 aromatic rings. The average Bonchev–Trinajstić information content (AvgIpc) is 2.63. The number of hydrogen-bond donors (Lipinski definition) is 1. The number of piperidine rings is 1. The van der Waals surface area contributed by atoms with Gasteiger partial charge in [0, 0.05) is 49.3 Å². The minimum Gasteiger partial charge on any atom is -0.493 e. The summed E-state index contributed by atoms with van der Waals surface area (Å²) in [5.74, 6) is 2.23. The summed E-state index contributed by atoms with van der Waals surface area (Å²) in [6.07, 6.45) is 5.12. The van der Waals surface area contributed by atoms with E-state index in [1.807, 2.05) is 12.1 Å². The monoisotopic (exact) mass is 391 g/mol. The smallest absolute Gasteiger partial charge is 0.162 e. The highest BCUT2D eigenvalue weighted by Crippen LogP contribution is 2.43. The fraction of sp³-hybridized carbons (Fsp3) is 0.556. The quantitative estimate of drug-likeness (QED) is 0.859. The summed E-state index contributed by atoms with van der Waals surface area (Å²) in [5.41, 5.74) is 1.02. The molecule has 1 aromatic carbocycles. The third-order valence-electron chi connectivity index (χ3n) is 5.76. The SMILES string of the molecule is COc1cc2ncnc(N3CCC4(CC3)CN(S(C)(=N)=O)C4)c2cc1OC. The van der Waals surface area contributed by atoms with Gasteiger partial charge in [-0.2, -0.15) is 0 Å². The van der Waals surface area contributed by atoms with Crippen LogP contribution in [0.2, 0.25) is 0 Å². The van der Waals surface area contributed by atoms with E-state index in [-0.39, 0.29) is 5.41 Å². The molecule has 2 aliphatic heterocycles. The van der Waals surface area contributed by atoms with Crippen molar-refractivity contribution in [3.05, 3.63) is 18.5 Å². The fourth-order valence-electron chi connectivity index (χ4n) is 4.08. The van der Waals surface area contributed by atoms with Crippen LogP contribution in [0, 0.1) is 10.2 Å². The molecule has 9 heteroatoms. The number of ether oxygens (including phenoxy) is 2. The third kappa shape index (κ3) is 3.19. The number of nitrogens with zero attached hydrogens (tertiary/aromatic N) is 4. The van der Waals surface area contributed by atoms with E-state index < -0.39 is 9.92 Å². The van der Waals surface area contributed by atoms with Crippen molar-refractivity contribution in [3.8, 4) is 11.5 Å². The highest BCUT2D eigenvalue weighted by molar-refractivity contribution is 7.89. The maximum Gasteiger partial charge on any atom is 0.162 e. The van der Waals surface area contributed by atoms with E-state index in [4.69, 9.17) is 14.3 Å². The lowest BCUT2D eigenvalue weighted by molar-refractivity contribution is 0.0466. The van der Waals surface area contributed by atoms with Crippen LogP contribution in [0.15, 0.2) is 18.5 Å². The van der Waals surface area contributed by atoms with Gasteiger partial charge in [-0.25, -0.2) is 23.3 Å². The van der Waals surface area contributed by atoms with E-state index in [0.29, 0.717) is 11.5 Å². The predicted molar refractivity (Wildman–Crippen MR) is 105 cm³/mol. The summed E-state index contributed by atoms with van der Waals surface area (Å²) in [6, 6.07) is 3.81.